The fourth-order valence-electron chi connectivity index (χ4n) is 3.65. The van der Waals surface area contributed by atoms with E-state index in [-0.39, 0.29) is 0 Å². The van der Waals surface area contributed by atoms with E-state index in [9.17, 15) is 4.39 Å². The molecule has 1 N–H and O–H groups in total. The van der Waals surface area contributed by atoms with Crippen molar-refractivity contribution in [1.82, 2.24) is 4.98 Å². The third kappa shape index (κ3) is 3.44. The van der Waals surface area contributed by atoms with Crippen LogP contribution in [0.15, 0.2) is 18.3 Å². The molecule has 1 saturated carbocycles. The maximum atomic E-state index is 12.8. The molecule has 0 aromatic carbocycles. The van der Waals surface area contributed by atoms with Crippen LogP contribution < -0.4 is 5.32 Å². The smallest absolute Gasteiger partial charge is 0.212 e. The van der Waals surface area contributed by atoms with E-state index in [0.717, 1.165) is 18.5 Å². The van der Waals surface area contributed by atoms with E-state index < -0.39 is 5.95 Å². The zero-order valence-electron chi connectivity index (χ0n) is 11.8. The average Bonchev–Trinajstić information content (AvgIpc) is 2.16. The SMILES string of the molecule is CC1(C)CC(Nc2ccc(F)nc2)CC(C)(C)C1. The largest absolute Gasteiger partial charge is 0.381 e. The van der Waals surface area contributed by atoms with E-state index in [4.69, 9.17) is 0 Å². The van der Waals surface area contributed by atoms with Crippen molar-refractivity contribution in [3.8, 4) is 0 Å². The van der Waals surface area contributed by atoms with Gasteiger partial charge in [-0.1, -0.05) is 27.7 Å². The topological polar surface area (TPSA) is 24.9 Å². The molecule has 0 bridgehead atoms. The summed E-state index contributed by atoms with van der Waals surface area (Å²) in [6, 6.07) is 3.61. The van der Waals surface area contributed by atoms with Gasteiger partial charge in [0.25, 0.3) is 0 Å². The molecule has 2 rings (SSSR count). The third-order valence-corrected chi connectivity index (χ3v) is 3.65. The Morgan fingerprint density at radius 1 is 1.17 bits per heavy atom. The maximum Gasteiger partial charge on any atom is 0.212 e. The summed E-state index contributed by atoms with van der Waals surface area (Å²) in [4.78, 5) is 3.69. The second-order valence-corrected chi connectivity index (χ2v) is 7.12. The zero-order chi connectivity index (χ0) is 13.4. The molecule has 0 atom stereocenters. The van der Waals surface area contributed by atoms with Gasteiger partial charge in [-0.3, -0.25) is 0 Å². The minimum absolute atomic E-state index is 0.354. The second kappa shape index (κ2) is 4.52. The van der Waals surface area contributed by atoms with Crippen LogP contribution in [0.25, 0.3) is 0 Å². The van der Waals surface area contributed by atoms with Crippen molar-refractivity contribution in [3.63, 3.8) is 0 Å². The molecule has 0 spiro atoms. The van der Waals surface area contributed by atoms with Crippen molar-refractivity contribution in [2.24, 2.45) is 10.8 Å². The molecular weight excluding hydrogens is 227 g/mol. The molecule has 1 fully saturated rings. The normalized spacial score (nSPS) is 22.7. The lowest BCUT2D eigenvalue weighted by Gasteiger charge is -2.45. The predicted molar refractivity (Wildman–Crippen MR) is 73.0 cm³/mol. The molecule has 0 saturated heterocycles. The van der Waals surface area contributed by atoms with Crippen molar-refractivity contribution < 1.29 is 4.39 Å². The van der Waals surface area contributed by atoms with Crippen LogP contribution in [0.2, 0.25) is 0 Å². The van der Waals surface area contributed by atoms with Crippen molar-refractivity contribution in [1.29, 1.82) is 0 Å². The first-order valence-corrected chi connectivity index (χ1v) is 6.64. The van der Waals surface area contributed by atoms with Crippen LogP contribution in [0.5, 0.6) is 0 Å². The Kier molecular flexibility index (Phi) is 3.35. The van der Waals surface area contributed by atoms with Gasteiger partial charge < -0.3 is 5.32 Å². The lowest BCUT2D eigenvalue weighted by molar-refractivity contribution is 0.105. The number of nitrogens with zero attached hydrogens (tertiary/aromatic N) is 1. The molecule has 18 heavy (non-hydrogen) atoms. The van der Waals surface area contributed by atoms with Crippen LogP contribution in [0.1, 0.15) is 47.0 Å². The van der Waals surface area contributed by atoms with E-state index in [0.29, 0.717) is 16.9 Å². The molecule has 1 heterocycles. The minimum atomic E-state index is -0.426. The number of pyridine rings is 1. The number of hydrogen-bond donors (Lipinski definition) is 1. The average molecular weight is 250 g/mol. The lowest BCUT2D eigenvalue weighted by atomic mass is 9.63. The van der Waals surface area contributed by atoms with Crippen molar-refractivity contribution in [3.05, 3.63) is 24.3 Å². The molecule has 100 valence electrons. The first-order valence-electron chi connectivity index (χ1n) is 6.64. The summed E-state index contributed by atoms with van der Waals surface area (Å²) in [6.45, 7) is 9.30. The fourth-order valence-corrected chi connectivity index (χ4v) is 3.65. The van der Waals surface area contributed by atoms with Gasteiger partial charge in [-0.25, -0.2) is 4.98 Å². The summed E-state index contributed by atoms with van der Waals surface area (Å²) in [6.07, 6.45) is 5.12. The number of halogens is 1. The van der Waals surface area contributed by atoms with Crippen LogP contribution in [-0.4, -0.2) is 11.0 Å². The summed E-state index contributed by atoms with van der Waals surface area (Å²) < 4.78 is 12.8. The van der Waals surface area contributed by atoms with E-state index >= 15 is 0 Å². The quantitative estimate of drug-likeness (QED) is 0.794. The number of rotatable bonds is 2. The van der Waals surface area contributed by atoms with Crippen LogP contribution in [0.4, 0.5) is 10.1 Å². The molecule has 0 unspecified atom stereocenters. The second-order valence-electron chi connectivity index (χ2n) is 7.12. The van der Waals surface area contributed by atoms with Gasteiger partial charge >= 0.3 is 0 Å². The van der Waals surface area contributed by atoms with Gasteiger partial charge in [0.1, 0.15) is 0 Å². The summed E-state index contributed by atoms with van der Waals surface area (Å²) >= 11 is 0. The van der Waals surface area contributed by atoms with Gasteiger partial charge in [-0.15, -0.1) is 0 Å². The fraction of sp³-hybridized carbons (Fsp3) is 0.667. The Morgan fingerprint density at radius 3 is 2.28 bits per heavy atom. The van der Waals surface area contributed by atoms with Gasteiger partial charge in [0.15, 0.2) is 0 Å². The Bertz CT molecular complexity index is 393. The molecule has 0 aliphatic heterocycles. The molecule has 0 radical (unpaired) electrons. The van der Waals surface area contributed by atoms with E-state index in [2.05, 4.69) is 38.0 Å². The number of aromatic nitrogens is 1. The predicted octanol–water partition coefficient (Wildman–Crippen LogP) is 4.24. The van der Waals surface area contributed by atoms with Crippen molar-refractivity contribution in [2.45, 2.75) is 53.0 Å². The molecule has 2 nitrogen and oxygen atoms in total. The Labute approximate surface area is 109 Å². The maximum absolute atomic E-state index is 12.8. The van der Waals surface area contributed by atoms with E-state index in [1.165, 1.54) is 12.5 Å². The summed E-state index contributed by atoms with van der Waals surface area (Å²) in [5.74, 6) is -0.426. The highest BCUT2D eigenvalue weighted by Gasteiger charge is 2.38. The van der Waals surface area contributed by atoms with Gasteiger partial charge in [0.05, 0.1) is 11.9 Å². The molecule has 1 aromatic rings. The highest BCUT2D eigenvalue weighted by atomic mass is 19.1. The molecule has 1 aliphatic carbocycles. The van der Waals surface area contributed by atoms with Crippen LogP contribution in [-0.2, 0) is 0 Å². The summed E-state index contributed by atoms with van der Waals surface area (Å²) in [5, 5.41) is 3.49. The summed E-state index contributed by atoms with van der Waals surface area (Å²) in [5.41, 5.74) is 1.62. The molecule has 3 heteroatoms. The molecule has 1 aromatic heterocycles. The van der Waals surface area contributed by atoms with E-state index in [1.807, 2.05) is 0 Å². The zero-order valence-corrected chi connectivity index (χ0v) is 11.8. The Morgan fingerprint density at radius 2 is 1.78 bits per heavy atom. The van der Waals surface area contributed by atoms with Gasteiger partial charge in [0.2, 0.25) is 5.95 Å². The highest BCUT2D eigenvalue weighted by Crippen LogP contribution is 2.46. The van der Waals surface area contributed by atoms with Gasteiger partial charge in [-0.2, -0.15) is 4.39 Å². The van der Waals surface area contributed by atoms with Crippen LogP contribution in [0.3, 0.4) is 0 Å². The number of hydrogen-bond acceptors (Lipinski definition) is 2. The summed E-state index contributed by atoms with van der Waals surface area (Å²) in [7, 11) is 0. The van der Waals surface area contributed by atoms with Crippen molar-refractivity contribution >= 4 is 5.69 Å². The number of nitrogens with one attached hydrogen (secondary N) is 1. The first kappa shape index (κ1) is 13.3. The number of anilines is 1. The lowest BCUT2D eigenvalue weighted by Crippen LogP contribution is -2.40. The van der Waals surface area contributed by atoms with Crippen molar-refractivity contribution in [2.75, 3.05) is 5.32 Å². The minimum Gasteiger partial charge on any atom is -0.381 e. The Balaban J connectivity index is 2.07. The highest BCUT2D eigenvalue weighted by molar-refractivity contribution is 5.41. The first-order chi connectivity index (χ1) is 8.26. The molecule has 0 amide bonds. The van der Waals surface area contributed by atoms with E-state index in [1.54, 1.807) is 12.3 Å². The standard InChI is InChI=1S/C15H23FN2/c1-14(2)7-12(8-15(3,4)10-14)18-11-5-6-13(16)17-9-11/h5-6,9,12,18H,7-8,10H2,1-4H3. The van der Waals surface area contributed by atoms with Crippen LogP contribution >= 0.6 is 0 Å². The van der Waals surface area contributed by atoms with Crippen LogP contribution in [0, 0.1) is 16.8 Å². The molecular formula is C15H23FN2. The molecule has 1 aliphatic rings. The third-order valence-electron chi connectivity index (χ3n) is 3.65. The van der Waals surface area contributed by atoms with Gasteiger partial charge in [0, 0.05) is 6.04 Å². The Hall–Kier alpha value is -1.12. The van der Waals surface area contributed by atoms with Gasteiger partial charge in [-0.05, 0) is 42.2 Å². The monoisotopic (exact) mass is 250 g/mol.